The van der Waals surface area contributed by atoms with Crippen molar-refractivity contribution in [1.29, 1.82) is 0 Å². The Labute approximate surface area is 161 Å². The minimum atomic E-state index is -4.64. The molecular weight excluding hydrogens is 401 g/mol. The molecule has 0 unspecified atom stereocenters. The molecule has 0 radical (unpaired) electrons. The van der Waals surface area contributed by atoms with Gasteiger partial charge in [-0.05, 0) is 32.0 Å². The van der Waals surface area contributed by atoms with Crippen LogP contribution in [0.1, 0.15) is 47.2 Å². The lowest BCUT2D eigenvalue weighted by Gasteiger charge is -2.11. The predicted octanol–water partition coefficient (Wildman–Crippen LogP) is 3.90. The number of hydrogen-bond acceptors (Lipinski definition) is 7. The average molecular weight is 416 g/mol. The number of aromatic nitrogens is 1. The van der Waals surface area contributed by atoms with Gasteiger partial charge in [0.1, 0.15) is 5.75 Å². The van der Waals surface area contributed by atoms with Crippen LogP contribution < -0.4 is 10.1 Å². The van der Waals surface area contributed by atoms with Gasteiger partial charge in [-0.3, -0.25) is 14.9 Å². The van der Waals surface area contributed by atoms with E-state index in [1.165, 1.54) is 18.2 Å². The van der Waals surface area contributed by atoms with Crippen LogP contribution in [-0.2, 0) is 15.7 Å². The summed E-state index contributed by atoms with van der Waals surface area (Å²) in [5.74, 6) is -2.37. The molecule has 2 rings (SSSR count). The molecule has 0 aliphatic rings. The first-order chi connectivity index (χ1) is 13.0. The second kappa shape index (κ2) is 8.38. The third kappa shape index (κ3) is 5.78. The zero-order valence-corrected chi connectivity index (χ0v) is 15.7. The molecule has 11 heteroatoms. The minimum absolute atomic E-state index is 0.0623. The molecule has 150 valence electrons. The van der Waals surface area contributed by atoms with Crippen LogP contribution in [0.2, 0.25) is 0 Å². The smallest absolute Gasteiger partial charge is 0.434 e. The molecule has 2 aromatic rings. The third-order valence-electron chi connectivity index (χ3n) is 3.02. The highest BCUT2D eigenvalue weighted by Gasteiger charge is 2.34. The summed E-state index contributed by atoms with van der Waals surface area (Å²) < 4.78 is 47.8. The molecule has 0 bridgehead atoms. The number of anilines is 1. The highest BCUT2D eigenvalue weighted by Crippen LogP contribution is 2.31. The van der Waals surface area contributed by atoms with Crippen LogP contribution in [0.25, 0.3) is 0 Å². The Kier molecular flexibility index (Phi) is 6.39. The summed E-state index contributed by atoms with van der Waals surface area (Å²) in [7, 11) is 0. The fraction of sp³-hybridized carbons (Fsp3) is 0.294. The normalized spacial score (nSPS) is 11.2. The SMILES string of the molecule is CC(=O)Oc1cc(C(=O)Nc2nc(C(F)(F)F)cs2)cc(C(=O)OC(C)C)c1. The quantitative estimate of drug-likeness (QED) is 0.587. The number of benzene rings is 1. The molecule has 1 aromatic heterocycles. The van der Waals surface area contributed by atoms with Gasteiger partial charge in [-0.15, -0.1) is 11.3 Å². The number of hydrogen-bond donors (Lipinski definition) is 1. The first-order valence-corrected chi connectivity index (χ1v) is 8.72. The number of carbonyl (C=O) groups excluding carboxylic acids is 3. The first-order valence-electron chi connectivity index (χ1n) is 7.84. The van der Waals surface area contributed by atoms with Gasteiger partial charge < -0.3 is 9.47 Å². The highest BCUT2D eigenvalue weighted by molar-refractivity contribution is 7.14. The Balaban J connectivity index is 2.31. The van der Waals surface area contributed by atoms with Crippen LogP contribution in [-0.4, -0.2) is 28.9 Å². The molecule has 7 nitrogen and oxygen atoms in total. The van der Waals surface area contributed by atoms with Crippen molar-refractivity contribution in [3.8, 4) is 5.75 Å². The number of ether oxygens (including phenoxy) is 2. The van der Waals surface area contributed by atoms with E-state index in [0.29, 0.717) is 11.3 Å². The van der Waals surface area contributed by atoms with Crippen LogP contribution in [0.4, 0.5) is 18.3 Å². The summed E-state index contributed by atoms with van der Waals surface area (Å²) in [4.78, 5) is 39.0. The molecule has 0 spiro atoms. The number of halogens is 3. The summed E-state index contributed by atoms with van der Waals surface area (Å²) in [6.07, 6.45) is -5.07. The molecule has 1 heterocycles. The Hall–Kier alpha value is -2.95. The van der Waals surface area contributed by atoms with Gasteiger partial charge in [0.15, 0.2) is 10.8 Å². The van der Waals surface area contributed by atoms with Crippen molar-refractivity contribution in [1.82, 2.24) is 4.98 Å². The third-order valence-corrected chi connectivity index (χ3v) is 3.78. The maximum atomic E-state index is 12.6. The molecule has 28 heavy (non-hydrogen) atoms. The van der Waals surface area contributed by atoms with Crippen molar-refractivity contribution in [2.45, 2.75) is 33.1 Å². The topological polar surface area (TPSA) is 94.6 Å². The van der Waals surface area contributed by atoms with E-state index in [4.69, 9.17) is 9.47 Å². The summed E-state index contributed by atoms with van der Waals surface area (Å²) in [5, 5.41) is 2.70. The number of esters is 2. The number of carbonyl (C=O) groups is 3. The second-order valence-corrected chi connectivity index (χ2v) is 6.64. The predicted molar refractivity (Wildman–Crippen MR) is 93.4 cm³/mol. The van der Waals surface area contributed by atoms with Gasteiger partial charge in [0.05, 0.1) is 11.7 Å². The van der Waals surface area contributed by atoms with Gasteiger partial charge in [-0.25, -0.2) is 9.78 Å². The van der Waals surface area contributed by atoms with Crippen LogP contribution in [0, 0.1) is 0 Å². The molecule has 1 aromatic carbocycles. The van der Waals surface area contributed by atoms with E-state index in [9.17, 15) is 27.6 Å². The van der Waals surface area contributed by atoms with Gasteiger partial charge in [0.2, 0.25) is 0 Å². The summed E-state index contributed by atoms with van der Waals surface area (Å²) in [5.41, 5.74) is -1.33. The van der Waals surface area contributed by atoms with Gasteiger partial charge >= 0.3 is 18.1 Å². The number of amides is 1. The minimum Gasteiger partial charge on any atom is -0.459 e. The number of rotatable bonds is 5. The zero-order valence-electron chi connectivity index (χ0n) is 14.9. The number of nitrogens with one attached hydrogen (secondary N) is 1. The van der Waals surface area contributed by atoms with Gasteiger partial charge in [-0.2, -0.15) is 13.2 Å². The largest absolute Gasteiger partial charge is 0.459 e. The molecule has 0 fully saturated rings. The maximum absolute atomic E-state index is 12.6. The van der Waals surface area contributed by atoms with Crippen LogP contribution in [0.5, 0.6) is 5.75 Å². The average Bonchev–Trinajstić information content (AvgIpc) is 3.02. The van der Waals surface area contributed by atoms with E-state index < -0.39 is 35.8 Å². The standard InChI is InChI=1S/C17H15F3N2O5S/c1-8(2)26-15(25)11-4-10(5-12(6-11)27-9(3)23)14(24)22-16-21-13(7-28-16)17(18,19)20/h4-8H,1-3H3,(H,21,22,24). The van der Waals surface area contributed by atoms with Crippen LogP contribution in [0.15, 0.2) is 23.6 Å². The lowest BCUT2D eigenvalue weighted by molar-refractivity contribution is -0.140. The van der Waals surface area contributed by atoms with E-state index in [-0.39, 0.29) is 22.0 Å². The van der Waals surface area contributed by atoms with E-state index in [1.54, 1.807) is 13.8 Å². The van der Waals surface area contributed by atoms with E-state index in [0.717, 1.165) is 12.3 Å². The molecule has 1 N–H and O–H groups in total. The lowest BCUT2D eigenvalue weighted by atomic mass is 10.1. The van der Waals surface area contributed by atoms with Crippen LogP contribution in [0.3, 0.4) is 0 Å². The van der Waals surface area contributed by atoms with E-state index in [2.05, 4.69) is 10.3 Å². The van der Waals surface area contributed by atoms with Crippen molar-refractivity contribution >= 4 is 34.3 Å². The monoisotopic (exact) mass is 416 g/mol. The summed E-state index contributed by atoms with van der Waals surface area (Å²) in [6, 6.07) is 3.56. The molecule has 1 amide bonds. The van der Waals surface area contributed by atoms with Crippen molar-refractivity contribution in [2.24, 2.45) is 0 Å². The first kappa shape index (κ1) is 21.4. The molecule has 0 saturated carbocycles. The molecule has 0 aliphatic heterocycles. The highest BCUT2D eigenvalue weighted by atomic mass is 32.1. The number of nitrogens with zero attached hydrogens (tertiary/aromatic N) is 1. The number of thiazole rings is 1. The van der Waals surface area contributed by atoms with Crippen LogP contribution >= 0.6 is 11.3 Å². The van der Waals surface area contributed by atoms with Crippen molar-refractivity contribution in [2.75, 3.05) is 5.32 Å². The zero-order chi connectivity index (χ0) is 21.1. The maximum Gasteiger partial charge on any atom is 0.434 e. The van der Waals surface area contributed by atoms with Gasteiger partial charge in [0.25, 0.3) is 5.91 Å². The second-order valence-electron chi connectivity index (χ2n) is 5.78. The summed E-state index contributed by atoms with van der Waals surface area (Å²) >= 11 is 0.593. The van der Waals surface area contributed by atoms with Gasteiger partial charge in [0, 0.05) is 17.9 Å². The molecule has 0 atom stereocenters. The summed E-state index contributed by atoms with van der Waals surface area (Å²) in [6.45, 7) is 4.39. The fourth-order valence-corrected chi connectivity index (χ4v) is 2.70. The van der Waals surface area contributed by atoms with Crippen molar-refractivity contribution in [3.05, 3.63) is 40.4 Å². The lowest BCUT2D eigenvalue weighted by Crippen LogP contribution is -2.16. The number of alkyl halides is 3. The Morgan fingerprint density at radius 3 is 2.32 bits per heavy atom. The molecule has 0 saturated heterocycles. The van der Waals surface area contributed by atoms with E-state index in [1.807, 2.05) is 0 Å². The van der Waals surface area contributed by atoms with Crippen molar-refractivity contribution in [3.63, 3.8) is 0 Å². The molecule has 0 aliphatic carbocycles. The van der Waals surface area contributed by atoms with Gasteiger partial charge in [-0.1, -0.05) is 0 Å². The Bertz CT molecular complexity index is 908. The molecular formula is C17H15F3N2O5S. The fourth-order valence-electron chi connectivity index (χ4n) is 1.99. The van der Waals surface area contributed by atoms with E-state index >= 15 is 0 Å². The Morgan fingerprint density at radius 1 is 1.14 bits per heavy atom. The van der Waals surface area contributed by atoms with Crippen molar-refractivity contribution < 1.29 is 37.0 Å². The Morgan fingerprint density at radius 2 is 1.79 bits per heavy atom.